The number of carbonyl (C=O) groups is 1. The number of hydrogen-bond donors (Lipinski definition) is 1. The largest absolute Gasteiger partial charge is 0.335 e. The molecule has 2 amide bonds. The molecule has 148 valence electrons. The molecule has 1 aliphatic carbocycles. The van der Waals surface area contributed by atoms with Crippen LogP contribution < -0.4 is 5.32 Å². The van der Waals surface area contributed by atoms with Crippen molar-refractivity contribution in [2.45, 2.75) is 42.9 Å². The Balaban J connectivity index is 1.61. The Bertz CT molecular complexity index is 747. The highest BCUT2D eigenvalue weighted by atomic mass is 32.2. The third-order valence-electron chi connectivity index (χ3n) is 5.52. The van der Waals surface area contributed by atoms with E-state index in [-0.39, 0.29) is 6.03 Å². The summed E-state index contributed by atoms with van der Waals surface area (Å²) >= 11 is 0. The van der Waals surface area contributed by atoms with E-state index in [1.807, 2.05) is 12.1 Å². The molecule has 0 atom stereocenters. The smallest absolute Gasteiger partial charge is 0.317 e. The van der Waals surface area contributed by atoms with Crippen LogP contribution in [0.3, 0.4) is 0 Å². The summed E-state index contributed by atoms with van der Waals surface area (Å²) < 4.78 is 27.3. The van der Waals surface area contributed by atoms with Gasteiger partial charge in [0.25, 0.3) is 0 Å². The molecular formula is C20H29N3O3S. The Morgan fingerprint density at radius 3 is 2.30 bits per heavy atom. The van der Waals surface area contributed by atoms with Gasteiger partial charge in [0.15, 0.2) is 0 Å². The third-order valence-corrected chi connectivity index (χ3v) is 7.43. The Hall–Kier alpha value is -1.86. The van der Waals surface area contributed by atoms with Gasteiger partial charge >= 0.3 is 6.03 Å². The number of carbonyl (C=O) groups excluding carboxylic acids is 1. The number of rotatable bonds is 5. The predicted octanol–water partition coefficient (Wildman–Crippen LogP) is 2.94. The molecule has 3 rings (SSSR count). The van der Waals surface area contributed by atoms with Crippen LogP contribution in [-0.4, -0.2) is 56.4 Å². The fraction of sp³-hybridized carbons (Fsp3) is 0.550. The standard InChI is InChI=1S/C20H29N3O3S/c1-2-12-21-20(24)22-13-15-23(16-14-22)27(25,26)19-10-8-18(9-11-19)17-6-4-3-5-7-17/h2,8-11,17H,1,3-7,12-16H2,(H,21,24). The minimum atomic E-state index is -3.52. The number of nitrogens with one attached hydrogen (secondary N) is 1. The summed E-state index contributed by atoms with van der Waals surface area (Å²) in [4.78, 5) is 14.0. The van der Waals surface area contributed by atoms with E-state index in [0.717, 1.165) is 0 Å². The normalized spacial score (nSPS) is 19.6. The van der Waals surface area contributed by atoms with Crippen molar-refractivity contribution in [1.29, 1.82) is 0 Å². The number of hydrogen-bond acceptors (Lipinski definition) is 3. The molecule has 1 aromatic carbocycles. The van der Waals surface area contributed by atoms with E-state index in [9.17, 15) is 13.2 Å². The van der Waals surface area contributed by atoms with Crippen LogP contribution >= 0.6 is 0 Å². The average molecular weight is 392 g/mol. The molecule has 27 heavy (non-hydrogen) atoms. The van der Waals surface area contributed by atoms with Crippen LogP contribution in [-0.2, 0) is 10.0 Å². The van der Waals surface area contributed by atoms with Gasteiger partial charge in [0.1, 0.15) is 0 Å². The van der Waals surface area contributed by atoms with E-state index >= 15 is 0 Å². The first-order chi connectivity index (χ1) is 13.0. The molecule has 0 aromatic heterocycles. The van der Waals surface area contributed by atoms with Gasteiger partial charge in [-0.2, -0.15) is 4.31 Å². The zero-order valence-electron chi connectivity index (χ0n) is 15.8. The highest BCUT2D eigenvalue weighted by molar-refractivity contribution is 7.89. The highest BCUT2D eigenvalue weighted by Gasteiger charge is 2.30. The van der Waals surface area contributed by atoms with Crippen LogP contribution in [0.4, 0.5) is 4.79 Å². The van der Waals surface area contributed by atoms with Gasteiger partial charge in [-0.05, 0) is 36.5 Å². The van der Waals surface area contributed by atoms with Gasteiger partial charge in [-0.3, -0.25) is 0 Å². The SMILES string of the molecule is C=CCNC(=O)N1CCN(S(=O)(=O)c2ccc(C3CCCCC3)cc2)CC1. The summed E-state index contributed by atoms with van der Waals surface area (Å²) in [6.07, 6.45) is 7.84. The maximum absolute atomic E-state index is 12.9. The molecule has 0 spiro atoms. The maximum atomic E-state index is 12.9. The van der Waals surface area contributed by atoms with E-state index in [1.54, 1.807) is 23.1 Å². The summed E-state index contributed by atoms with van der Waals surface area (Å²) in [6.45, 7) is 5.39. The fourth-order valence-electron chi connectivity index (χ4n) is 3.90. The Kier molecular flexibility index (Phi) is 6.55. The van der Waals surface area contributed by atoms with Crippen molar-refractivity contribution in [2.75, 3.05) is 32.7 Å². The van der Waals surface area contributed by atoms with Crippen molar-refractivity contribution < 1.29 is 13.2 Å². The van der Waals surface area contributed by atoms with Crippen LogP contribution in [0, 0.1) is 0 Å². The lowest BCUT2D eigenvalue weighted by molar-refractivity contribution is 0.173. The Labute approximate surface area is 162 Å². The summed E-state index contributed by atoms with van der Waals surface area (Å²) in [7, 11) is -3.52. The van der Waals surface area contributed by atoms with E-state index < -0.39 is 10.0 Å². The molecule has 1 heterocycles. The van der Waals surface area contributed by atoms with Crippen LogP contribution in [0.25, 0.3) is 0 Å². The molecule has 0 unspecified atom stereocenters. The van der Waals surface area contributed by atoms with Crippen molar-refractivity contribution in [2.24, 2.45) is 0 Å². The highest BCUT2D eigenvalue weighted by Crippen LogP contribution is 2.33. The monoisotopic (exact) mass is 391 g/mol. The molecular weight excluding hydrogens is 362 g/mol. The van der Waals surface area contributed by atoms with Gasteiger partial charge in [0, 0.05) is 32.7 Å². The molecule has 6 nitrogen and oxygen atoms in total. The topological polar surface area (TPSA) is 69.7 Å². The Morgan fingerprint density at radius 2 is 1.70 bits per heavy atom. The second kappa shape index (κ2) is 8.89. The number of sulfonamides is 1. The second-order valence-corrected chi connectivity index (χ2v) is 9.21. The molecule has 1 aliphatic heterocycles. The van der Waals surface area contributed by atoms with E-state index in [1.165, 1.54) is 42.0 Å². The molecule has 2 fully saturated rings. The van der Waals surface area contributed by atoms with Gasteiger partial charge in [-0.1, -0.05) is 37.5 Å². The minimum absolute atomic E-state index is 0.177. The Morgan fingerprint density at radius 1 is 1.07 bits per heavy atom. The van der Waals surface area contributed by atoms with E-state index in [2.05, 4.69) is 11.9 Å². The molecule has 7 heteroatoms. The summed E-state index contributed by atoms with van der Waals surface area (Å²) in [5.74, 6) is 0.563. The first kappa shape index (κ1) is 19.9. The molecule has 2 aliphatic rings. The zero-order valence-corrected chi connectivity index (χ0v) is 16.6. The van der Waals surface area contributed by atoms with Crippen LogP contribution in [0.2, 0.25) is 0 Å². The van der Waals surface area contributed by atoms with Crippen LogP contribution in [0.1, 0.15) is 43.6 Å². The maximum Gasteiger partial charge on any atom is 0.317 e. The molecule has 0 radical (unpaired) electrons. The van der Waals surface area contributed by atoms with Crippen molar-refractivity contribution in [3.63, 3.8) is 0 Å². The summed E-state index contributed by atoms with van der Waals surface area (Å²) in [5, 5.41) is 2.73. The van der Waals surface area contributed by atoms with Gasteiger partial charge in [-0.15, -0.1) is 6.58 Å². The van der Waals surface area contributed by atoms with Gasteiger partial charge in [0.05, 0.1) is 4.90 Å². The summed E-state index contributed by atoms with van der Waals surface area (Å²) in [5.41, 5.74) is 1.25. The van der Waals surface area contributed by atoms with Gasteiger partial charge < -0.3 is 10.2 Å². The number of urea groups is 1. The fourth-order valence-corrected chi connectivity index (χ4v) is 5.32. The van der Waals surface area contributed by atoms with E-state index in [4.69, 9.17) is 0 Å². The molecule has 1 saturated carbocycles. The third kappa shape index (κ3) is 4.71. The molecule has 0 bridgehead atoms. The lowest BCUT2D eigenvalue weighted by Gasteiger charge is -2.34. The van der Waals surface area contributed by atoms with Gasteiger partial charge in [-0.25, -0.2) is 13.2 Å². The van der Waals surface area contributed by atoms with Crippen molar-refractivity contribution >= 4 is 16.1 Å². The summed E-state index contributed by atoms with van der Waals surface area (Å²) in [6, 6.07) is 7.25. The lowest BCUT2D eigenvalue weighted by Crippen LogP contribution is -2.53. The molecule has 1 saturated heterocycles. The van der Waals surface area contributed by atoms with Crippen LogP contribution in [0.15, 0.2) is 41.8 Å². The van der Waals surface area contributed by atoms with Crippen molar-refractivity contribution in [1.82, 2.24) is 14.5 Å². The first-order valence-corrected chi connectivity index (χ1v) is 11.2. The first-order valence-electron chi connectivity index (χ1n) is 9.76. The van der Waals surface area contributed by atoms with Gasteiger partial charge in [0.2, 0.25) is 10.0 Å². The molecule has 1 N–H and O–H groups in total. The van der Waals surface area contributed by atoms with E-state index in [0.29, 0.717) is 43.5 Å². The molecule has 1 aromatic rings. The lowest BCUT2D eigenvalue weighted by atomic mass is 9.84. The zero-order chi connectivity index (χ0) is 19.3. The predicted molar refractivity (Wildman–Crippen MR) is 106 cm³/mol. The van der Waals surface area contributed by atoms with Crippen molar-refractivity contribution in [3.8, 4) is 0 Å². The number of nitrogens with zero attached hydrogens (tertiary/aromatic N) is 2. The van der Waals surface area contributed by atoms with Crippen molar-refractivity contribution in [3.05, 3.63) is 42.5 Å². The average Bonchev–Trinajstić information content (AvgIpc) is 2.73. The number of benzene rings is 1. The second-order valence-electron chi connectivity index (χ2n) is 7.27. The number of amides is 2. The number of piperazine rings is 1. The minimum Gasteiger partial charge on any atom is -0.335 e. The quantitative estimate of drug-likeness (QED) is 0.785. The van der Waals surface area contributed by atoms with Crippen LogP contribution in [0.5, 0.6) is 0 Å².